The van der Waals surface area contributed by atoms with E-state index < -0.39 is 0 Å². The average Bonchev–Trinajstić information content (AvgIpc) is 2.30. The van der Waals surface area contributed by atoms with Gasteiger partial charge in [0.25, 0.3) is 0 Å². The monoisotopic (exact) mass is 211 g/mol. The normalized spacial score (nSPS) is 10.8. The fourth-order valence-electron chi connectivity index (χ4n) is 1.98. The Bertz CT molecular complexity index is 472. The molecule has 0 bridgehead atoms. The van der Waals surface area contributed by atoms with Crippen LogP contribution in [-0.4, -0.2) is 4.98 Å². The lowest BCUT2D eigenvalue weighted by Gasteiger charge is -2.11. The lowest BCUT2D eigenvalue weighted by atomic mass is 9.94. The number of nitrogens with zero attached hydrogens (tertiary/aromatic N) is 1. The fraction of sp³-hybridized carbons (Fsp3) is 0.267. The van der Waals surface area contributed by atoms with Gasteiger partial charge in [-0.05, 0) is 41.2 Å². The molecule has 1 aromatic carbocycles. The van der Waals surface area contributed by atoms with E-state index in [9.17, 15) is 0 Å². The Hall–Kier alpha value is -1.63. The third-order valence-electron chi connectivity index (χ3n) is 2.90. The second kappa shape index (κ2) is 4.48. The van der Waals surface area contributed by atoms with Crippen LogP contribution in [-0.2, 0) is 0 Å². The highest BCUT2D eigenvalue weighted by Gasteiger charge is 2.05. The predicted octanol–water partition coefficient (Wildman–Crippen LogP) is 4.18. The van der Waals surface area contributed by atoms with Crippen LogP contribution in [0.4, 0.5) is 0 Å². The van der Waals surface area contributed by atoms with Crippen LogP contribution >= 0.6 is 0 Å². The van der Waals surface area contributed by atoms with Crippen LogP contribution in [0.5, 0.6) is 0 Å². The topological polar surface area (TPSA) is 12.9 Å². The van der Waals surface area contributed by atoms with Crippen LogP contribution in [0.1, 0.15) is 30.9 Å². The van der Waals surface area contributed by atoms with Crippen LogP contribution in [0.3, 0.4) is 0 Å². The van der Waals surface area contributed by atoms with Crippen molar-refractivity contribution >= 4 is 0 Å². The minimum Gasteiger partial charge on any atom is -0.264 e. The first kappa shape index (κ1) is 10.9. The summed E-state index contributed by atoms with van der Waals surface area (Å²) in [6.45, 7) is 6.63. The third-order valence-corrected chi connectivity index (χ3v) is 2.90. The molecule has 0 amide bonds. The van der Waals surface area contributed by atoms with Crippen molar-refractivity contribution < 1.29 is 0 Å². The standard InChI is InChI=1S/C15H17N/c1-11(2)15-9-13(7-6-12(15)3)14-5-4-8-16-10-14/h4-11H,1-3H3. The molecule has 0 saturated heterocycles. The van der Waals surface area contributed by atoms with Gasteiger partial charge in [-0.1, -0.05) is 38.1 Å². The molecule has 82 valence electrons. The summed E-state index contributed by atoms with van der Waals surface area (Å²) in [5.74, 6) is 0.566. The second-order valence-electron chi connectivity index (χ2n) is 4.47. The molecule has 1 heterocycles. The largest absolute Gasteiger partial charge is 0.264 e. The van der Waals surface area contributed by atoms with Crippen molar-refractivity contribution in [2.75, 3.05) is 0 Å². The molecule has 0 atom stereocenters. The number of benzene rings is 1. The van der Waals surface area contributed by atoms with Gasteiger partial charge >= 0.3 is 0 Å². The average molecular weight is 211 g/mol. The van der Waals surface area contributed by atoms with Gasteiger partial charge in [-0.25, -0.2) is 0 Å². The van der Waals surface area contributed by atoms with Gasteiger partial charge in [-0.2, -0.15) is 0 Å². The van der Waals surface area contributed by atoms with Gasteiger partial charge in [0.15, 0.2) is 0 Å². The van der Waals surface area contributed by atoms with Gasteiger partial charge < -0.3 is 0 Å². The van der Waals surface area contributed by atoms with E-state index in [1.165, 1.54) is 22.3 Å². The molecule has 0 unspecified atom stereocenters. The molecule has 1 nitrogen and oxygen atoms in total. The van der Waals surface area contributed by atoms with Gasteiger partial charge in [0.1, 0.15) is 0 Å². The van der Waals surface area contributed by atoms with Crippen molar-refractivity contribution in [3.05, 3.63) is 53.9 Å². The first-order valence-electron chi connectivity index (χ1n) is 5.69. The van der Waals surface area contributed by atoms with Gasteiger partial charge in [0, 0.05) is 12.4 Å². The summed E-state index contributed by atoms with van der Waals surface area (Å²) in [5, 5.41) is 0. The number of rotatable bonds is 2. The van der Waals surface area contributed by atoms with Crippen molar-refractivity contribution in [1.29, 1.82) is 0 Å². The Morgan fingerprint density at radius 2 is 1.88 bits per heavy atom. The Morgan fingerprint density at radius 1 is 1.06 bits per heavy atom. The van der Waals surface area contributed by atoms with E-state index in [2.05, 4.69) is 50.0 Å². The Morgan fingerprint density at radius 3 is 2.50 bits per heavy atom. The minimum atomic E-state index is 0.566. The van der Waals surface area contributed by atoms with E-state index in [1.807, 2.05) is 12.3 Å². The lowest BCUT2D eigenvalue weighted by Crippen LogP contribution is -1.92. The molecule has 0 aliphatic carbocycles. The molecule has 0 aliphatic heterocycles. The second-order valence-corrected chi connectivity index (χ2v) is 4.47. The molecule has 0 N–H and O–H groups in total. The summed E-state index contributed by atoms with van der Waals surface area (Å²) in [6, 6.07) is 10.7. The molecule has 0 saturated carbocycles. The summed E-state index contributed by atoms with van der Waals surface area (Å²) in [7, 11) is 0. The smallest absolute Gasteiger partial charge is 0.0346 e. The SMILES string of the molecule is Cc1ccc(-c2cccnc2)cc1C(C)C. The zero-order valence-electron chi connectivity index (χ0n) is 10.1. The molecule has 16 heavy (non-hydrogen) atoms. The van der Waals surface area contributed by atoms with Crippen LogP contribution < -0.4 is 0 Å². The maximum atomic E-state index is 4.16. The predicted molar refractivity (Wildman–Crippen MR) is 68.5 cm³/mol. The molecule has 0 radical (unpaired) electrons. The van der Waals surface area contributed by atoms with Crippen molar-refractivity contribution in [3.8, 4) is 11.1 Å². The van der Waals surface area contributed by atoms with E-state index in [0.717, 1.165) is 0 Å². The first-order chi connectivity index (χ1) is 7.68. The zero-order chi connectivity index (χ0) is 11.5. The van der Waals surface area contributed by atoms with Crippen LogP contribution in [0.15, 0.2) is 42.7 Å². The summed E-state index contributed by atoms with van der Waals surface area (Å²) in [4.78, 5) is 4.16. The Kier molecular flexibility index (Phi) is 3.04. The van der Waals surface area contributed by atoms with E-state index in [1.54, 1.807) is 6.20 Å². The molecule has 1 aromatic heterocycles. The molecule has 2 rings (SSSR count). The van der Waals surface area contributed by atoms with E-state index in [4.69, 9.17) is 0 Å². The van der Waals surface area contributed by atoms with Gasteiger partial charge in [-0.15, -0.1) is 0 Å². The highest BCUT2D eigenvalue weighted by atomic mass is 14.6. The van der Waals surface area contributed by atoms with Gasteiger partial charge in [0.2, 0.25) is 0 Å². The summed E-state index contributed by atoms with van der Waals surface area (Å²) in [5.41, 5.74) is 5.22. The summed E-state index contributed by atoms with van der Waals surface area (Å²) >= 11 is 0. The van der Waals surface area contributed by atoms with E-state index in [-0.39, 0.29) is 0 Å². The summed E-state index contributed by atoms with van der Waals surface area (Å²) in [6.07, 6.45) is 3.72. The van der Waals surface area contributed by atoms with Gasteiger partial charge in [-0.3, -0.25) is 4.98 Å². The molecule has 1 heteroatoms. The van der Waals surface area contributed by atoms with Crippen molar-refractivity contribution in [2.45, 2.75) is 26.7 Å². The number of pyridine rings is 1. The van der Waals surface area contributed by atoms with Crippen molar-refractivity contribution in [3.63, 3.8) is 0 Å². The Labute approximate surface area is 97.2 Å². The zero-order valence-corrected chi connectivity index (χ0v) is 10.1. The lowest BCUT2D eigenvalue weighted by molar-refractivity contribution is 0.857. The van der Waals surface area contributed by atoms with Crippen molar-refractivity contribution in [1.82, 2.24) is 4.98 Å². The highest BCUT2D eigenvalue weighted by molar-refractivity contribution is 5.64. The molecule has 0 aliphatic rings. The minimum absolute atomic E-state index is 0.566. The maximum absolute atomic E-state index is 4.16. The molecular weight excluding hydrogens is 194 g/mol. The Balaban J connectivity index is 2.48. The van der Waals surface area contributed by atoms with Crippen molar-refractivity contribution in [2.24, 2.45) is 0 Å². The fourth-order valence-corrected chi connectivity index (χ4v) is 1.98. The first-order valence-corrected chi connectivity index (χ1v) is 5.69. The maximum Gasteiger partial charge on any atom is 0.0346 e. The number of aryl methyl sites for hydroxylation is 1. The molecule has 0 fully saturated rings. The molecular formula is C15H17N. The summed E-state index contributed by atoms with van der Waals surface area (Å²) < 4.78 is 0. The van der Waals surface area contributed by atoms with Crippen LogP contribution in [0.25, 0.3) is 11.1 Å². The van der Waals surface area contributed by atoms with Crippen LogP contribution in [0, 0.1) is 6.92 Å². The third kappa shape index (κ3) is 2.13. The van der Waals surface area contributed by atoms with E-state index in [0.29, 0.717) is 5.92 Å². The van der Waals surface area contributed by atoms with Crippen LogP contribution in [0.2, 0.25) is 0 Å². The van der Waals surface area contributed by atoms with E-state index >= 15 is 0 Å². The van der Waals surface area contributed by atoms with Gasteiger partial charge in [0.05, 0.1) is 0 Å². The quantitative estimate of drug-likeness (QED) is 0.726. The molecule has 0 spiro atoms. The number of hydrogen-bond acceptors (Lipinski definition) is 1. The highest BCUT2D eigenvalue weighted by Crippen LogP contribution is 2.25. The molecule has 2 aromatic rings. The number of aromatic nitrogens is 1. The number of hydrogen-bond donors (Lipinski definition) is 0.